The van der Waals surface area contributed by atoms with Gasteiger partial charge in [-0.3, -0.25) is 10.1 Å². The van der Waals surface area contributed by atoms with E-state index in [0.29, 0.717) is 22.1 Å². The van der Waals surface area contributed by atoms with Crippen molar-refractivity contribution in [2.24, 2.45) is 4.36 Å². The van der Waals surface area contributed by atoms with Crippen molar-refractivity contribution in [3.8, 4) is 28.4 Å². The minimum absolute atomic E-state index is 0.0897. The smallest absolute Gasteiger partial charge is 0.347 e. The number of amides is 2. The number of non-ortho nitro benzene ring substituents is 1. The summed E-state index contributed by atoms with van der Waals surface area (Å²) in [6.07, 6.45) is 0. The SMILES string of the molecule is CCS(=NC(=O)NC(C)(C)C)c1cc([N+](=O)[O-])ccc1Oc1ccccc1-c1ccc(OC)cc1. The van der Waals surface area contributed by atoms with Crippen LogP contribution in [0.25, 0.3) is 11.1 Å². The predicted molar refractivity (Wildman–Crippen MR) is 138 cm³/mol. The van der Waals surface area contributed by atoms with E-state index in [2.05, 4.69) is 9.68 Å². The van der Waals surface area contributed by atoms with E-state index in [4.69, 9.17) is 9.47 Å². The molecule has 0 radical (unpaired) electrons. The molecule has 35 heavy (non-hydrogen) atoms. The van der Waals surface area contributed by atoms with Crippen LogP contribution in [-0.2, 0) is 10.7 Å². The Bertz CT molecular complexity index is 1250. The maximum atomic E-state index is 12.5. The molecule has 9 heteroatoms. The minimum atomic E-state index is -0.960. The Labute approximate surface area is 207 Å². The number of benzene rings is 3. The van der Waals surface area contributed by atoms with Gasteiger partial charge < -0.3 is 14.8 Å². The van der Waals surface area contributed by atoms with Crippen LogP contribution in [-0.4, -0.2) is 29.4 Å². The third kappa shape index (κ3) is 6.89. The van der Waals surface area contributed by atoms with Crippen molar-refractivity contribution in [1.29, 1.82) is 0 Å². The Hall–Kier alpha value is -3.72. The molecule has 0 bridgehead atoms. The summed E-state index contributed by atoms with van der Waals surface area (Å²) in [6, 6.07) is 19.0. The van der Waals surface area contributed by atoms with Crippen molar-refractivity contribution < 1.29 is 19.2 Å². The predicted octanol–water partition coefficient (Wildman–Crippen LogP) is 6.75. The first-order valence-corrected chi connectivity index (χ1v) is 12.4. The number of nitro groups is 1. The molecule has 1 unspecified atom stereocenters. The first-order chi connectivity index (χ1) is 16.6. The highest BCUT2D eigenvalue weighted by Gasteiger charge is 2.19. The highest BCUT2D eigenvalue weighted by atomic mass is 32.2. The molecule has 3 rings (SSSR count). The van der Waals surface area contributed by atoms with Gasteiger partial charge in [-0.05, 0) is 50.6 Å². The lowest BCUT2D eigenvalue weighted by atomic mass is 10.0. The Morgan fingerprint density at radius 2 is 1.74 bits per heavy atom. The Morgan fingerprint density at radius 1 is 1.06 bits per heavy atom. The van der Waals surface area contributed by atoms with E-state index in [0.717, 1.165) is 16.9 Å². The third-order valence-electron chi connectivity index (χ3n) is 4.85. The summed E-state index contributed by atoms with van der Waals surface area (Å²) in [5, 5.41) is 14.3. The van der Waals surface area contributed by atoms with Crippen molar-refractivity contribution in [1.82, 2.24) is 5.32 Å². The number of rotatable bonds is 7. The van der Waals surface area contributed by atoms with Crippen LogP contribution in [0.2, 0.25) is 0 Å². The van der Waals surface area contributed by atoms with E-state index in [1.165, 1.54) is 12.1 Å². The topological polar surface area (TPSA) is 103 Å². The molecule has 1 atom stereocenters. The van der Waals surface area contributed by atoms with Gasteiger partial charge in [-0.1, -0.05) is 47.9 Å². The Balaban J connectivity index is 2.06. The fourth-order valence-electron chi connectivity index (χ4n) is 3.27. The molecule has 0 aliphatic rings. The van der Waals surface area contributed by atoms with Crippen molar-refractivity contribution in [3.05, 3.63) is 76.8 Å². The zero-order valence-corrected chi connectivity index (χ0v) is 21.2. The number of carbonyl (C=O) groups is 1. The van der Waals surface area contributed by atoms with Gasteiger partial charge in [0.15, 0.2) is 0 Å². The standard InChI is InChI=1S/C26H29N3O5S/c1-6-35(28-25(30)27-26(2,3)4)24-17-19(29(31)32)13-16-23(24)34-22-10-8-7-9-21(22)18-11-14-20(33-5)15-12-18/h7-17H,6H2,1-5H3,(H,27,30). The fourth-order valence-corrected chi connectivity index (χ4v) is 4.66. The number of hydrogen-bond acceptors (Lipinski definition) is 5. The van der Waals surface area contributed by atoms with E-state index in [9.17, 15) is 14.9 Å². The van der Waals surface area contributed by atoms with Gasteiger partial charge in [0.1, 0.15) is 17.2 Å². The van der Waals surface area contributed by atoms with E-state index in [1.54, 1.807) is 13.2 Å². The number of carbonyl (C=O) groups excluding carboxylic acids is 1. The van der Waals surface area contributed by atoms with Gasteiger partial charge in [-0.25, -0.2) is 4.79 Å². The van der Waals surface area contributed by atoms with Crippen LogP contribution in [0.5, 0.6) is 17.2 Å². The van der Waals surface area contributed by atoms with Gasteiger partial charge in [0, 0.05) is 29.0 Å². The molecule has 0 aliphatic carbocycles. The largest absolute Gasteiger partial charge is 0.497 e. The van der Waals surface area contributed by atoms with Crippen LogP contribution in [0.3, 0.4) is 0 Å². The first kappa shape index (κ1) is 25.9. The lowest BCUT2D eigenvalue weighted by molar-refractivity contribution is -0.385. The second-order valence-corrected chi connectivity index (χ2v) is 10.6. The van der Waals surface area contributed by atoms with Crippen molar-refractivity contribution in [3.63, 3.8) is 0 Å². The van der Waals surface area contributed by atoms with Crippen molar-refractivity contribution in [2.45, 2.75) is 38.1 Å². The molecule has 0 aromatic heterocycles. The molecule has 8 nitrogen and oxygen atoms in total. The maximum absolute atomic E-state index is 12.5. The molecule has 0 fully saturated rings. The van der Waals surface area contributed by atoms with Crippen LogP contribution in [0.15, 0.2) is 76.0 Å². The molecule has 0 saturated heterocycles. The summed E-state index contributed by atoms with van der Waals surface area (Å²) in [5.74, 6) is 2.21. The van der Waals surface area contributed by atoms with Gasteiger partial charge in [-0.2, -0.15) is 4.36 Å². The molecule has 184 valence electrons. The average molecular weight is 496 g/mol. The summed E-state index contributed by atoms with van der Waals surface area (Å²) >= 11 is 0. The van der Waals surface area contributed by atoms with E-state index in [1.807, 2.05) is 76.2 Å². The number of hydrogen-bond donors (Lipinski definition) is 1. The molecular weight excluding hydrogens is 466 g/mol. The third-order valence-corrected chi connectivity index (χ3v) is 6.61. The molecule has 0 saturated carbocycles. The zero-order valence-electron chi connectivity index (χ0n) is 20.4. The summed E-state index contributed by atoms with van der Waals surface area (Å²) in [5.41, 5.74) is 1.22. The molecule has 3 aromatic rings. The molecular formula is C26H29N3O5S. The van der Waals surface area contributed by atoms with Crippen LogP contribution in [0.4, 0.5) is 10.5 Å². The highest BCUT2D eigenvalue weighted by molar-refractivity contribution is 7.87. The van der Waals surface area contributed by atoms with Gasteiger partial charge in [0.05, 0.1) is 16.9 Å². The number of nitrogens with one attached hydrogen (secondary N) is 1. The maximum Gasteiger partial charge on any atom is 0.347 e. The number of nitrogens with zero attached hydrogens (tertiary/aromatic N) is 2. The van der Waals surface area contributed by atoms with Crippen LogP contribution >= 0.6 is 0 Å². The summed E-state index contributed by atoms with van der Waals surface area (Å²) in [6.45, 7) is 7.47. The quantitative estimate of drug-likeness (QED) is 0.288. The lowest BCUT2D eigenvalue weighted by Crippen LogP contribution is -2.39. The first-order valence-electron chi connectivity index (χ1n) is 11.1. The molecule has 1 N–H and O–H groups in total. The highest BCUT2D eigenvalue weighted by Crippen LogP contribution is 2.37. The second-order valence-electron chi connectivity index (χ2n) is 8.64. The molecule has 2 amide bonds. The fraction of sp³-hybridized carbons (Fsp3) is 0.269. The van der Waals surface area contributed by atoms with Gasteiger partial charge in [-0.15, -0.1) is 0 Å². The summed E-state index contributed by atoms with van der Waals surface area (Å²) in [4.78, 5) is 24.0. The number of nitro benzene ring substituents is 1. The van der Waals surface area contributed by atoms with Gasteiger partial charge >= 0.3 is 6.03 Å². The monoisotopic (exact) mass is 495 g/mol. The van der Waals surface area contributed by atoms with Crippen LogP contribution in [0, 0.1) is 10.1 Å². The minimum Gasteiger partial charge on any atom is -0.497 e. The van der Waals surface area contributed by atoms with Gasteiger partial charge in [0.2, 0.25) is 0 Å². The van der Waals surface area contributed by atoms with E-state index >= 15 is 0 Å². The van der Waals surface area contributed by atoms with Gasteiger partial charge in [0.25, 0.3) is 5.69 Å². The van der Waals surface area contributed by atoms with E-state index in [-0.39, 0.29) is 5.69 Å². The van der Waals surface area contributed by atoms with Crippen LogP contribution in [0.1, 0.15) is 27.7 Å². The molecule has 0 heterocycles. The number of urea groups is 1. The average Bonchev–Trinajstić information content (AvgIpc) is 2.82. The zero-order chi connectivity index (χ0) is 25.6. The molecule has 0 aliphatic heterocycles. The summed E-state index contributed by atoms with van der Waals surface area (Å²) < 4.78 is 15.9. The number of methoxy groups -OCH3 is 1. The van der Waals surface area contributed by atoms with Crippen molar-refractivity contribution in [2.75, 3.05) is 12.9 Å². The van der Waals surface area contributed by atoms with Crippen molar-refractivity contribution >= 4 is 22.4 Å². The second kappa shape index (κ2) is 11.1. The normalized spacial score (nSPS) is 12.1. The number of para-hydroxylation sites is 1. The molecule has 0 spiro atoms. The van der Waals surface area contributed by atoms with Crippen LogP contribution < -0.4 is 14.8 Å². The Kier molecular flexibility index (Phi) is 8.24. The van der Waals surface area contributed by atoms with E-state index < -0.39 is 27.2 Å². The number of ether oxygens (including phenoxy) is 2. The lowest BCUT2D eigenvalue weighted by Gasteiger charge is -2.19. The molecule has 3 aromatic carbocycles. The summed E-state index contributed by atoms with van der Waals surface area (Å²) in [7, 11) is 0.651. The Morgan fingerprint density at radius 3 is 2.34 bits per heavy atom.